The number of allylic oxidation sites excluding steroid dienone is 2. The second kappa shape index (κ2) is 11.0. The molecule has 2 N–H and O–H groups in total. The van der Waals surface area contributed by atoms with Crippen LogP contribution in [0.1, 0.15) is 50.7 Å². The van der Waals surface area contributed by atoms with Crippen LogP contribution in [0.2, 0.25) is 0 Å². The molecule has 2 aromatic carbocycles. The van der Waals surface area contributed by atoms with E-state index in [9.17, 15) is 24.8 Å². The smallest absolute Gasteiger partial charge is 0.337 e. The summed E-state index contributed by atoms with van der Waals surface area (Å²) in [7, 11) is 0. The number of carbonyl (C=O) groups is 2. The molecule has 1 fully saturated rings. The Balaban J connectivity index is 1.63. The number of nitro groups is 1. The normalized spacial score (nSPS) is 22.4. The van der Waals surface area contributed by atoms with Crippen molar-refractivity contribution < 1.29 is 24.4 Å². The standard InChI is InChI=1S/C28H31N3O6/c1-17-24(27(32)33)26(21-11-7-12-22(15-21)31(35)36)25(18(2)29-17)28(34)37-23-13-8-14-30(19(23)3)16-20-9-5-4-6-10-20/h4-7,9-12,15,19,23,26,29H,8,13-14,16H2,1-3H3,(H,32,33). The van der Waals surface area contributed by atoms with E-state index in [4.69, 9.17) is 4.74 Å². The first kappa shape index (κ1) is 26.1. The number of hydrogen-bond acceptors (Lipinski definition) is 7. The molecular formula is C28H31N3O6. The van der Waals surface area contributed by atoms with Crippen LogP contribution in [0.25, 0.3) is 0 Å². The summed E-state index contributed by atoms with van der Waals surface area (Å²) in [5.74, 6) is -2.84. The number of piperidine rings is 1. The lowest BCUT2D eigenvalue weighted by molar-refractivity contribution is -0.384. The van der Waals surface area contributed by atoms with Gasteiger partial charge in [0.2, 0.25) is 0 Å². The Hall–Kier alpha value is -3.98. The molecule has 4 rings (SSSR count). The number of carboxylic acid groups (broad SMARTS) is 1. The van der Waals surface area contributed by atoms with Crippen molar-refractivity contribution in [3.8, 4) is 0 Å². The Kier molecular flexibility index (Phi) is 7.73. The second-order valence-corrected chi connectivity index (χ2v) is 9.58. The number of hydrogen-bond donors (Lipinski definition) is 2. The van der Waals surface area contributed by atoms with Gasteiger partial charge >= 0.3 is 11.9 Å². The van der Waals surface area contributed by atoms with E-state index in [1.807, 2.05) is 25.1 Å². The molecule has 0 saturated carbocycles. The van der Waals surface area contributed by atoms with Crippen LogP contribution in [-0.2, 0) is 20.9 Å². The van der Waals surface area contributed by atoms with Crippen LogP contribution in [0.5, 0.6) is 0 Å². The number of likely N-dealkylation sites (tertiary alicyclic amines) is 1. The Labute approximate surface area is 215 Å². The predicted molar refractivity (Wildman–Crippen MR) is 137 cm³/mol. The molecule has 0 aromatic heterocycles. The van der Waals surface area contributed by atoms with E-state index in [-0.39, 0.29) is 29.0 Å². The monoisotopic (exact) mass is 505 g/mol. The van der Waals surface area contributed by atoms with Gasteiger partial charge in [-0.25, -0.2) is 9.59 Å². The van der Waals surface area contributed by atoms with Crippen LogP contribution in [0.4, 0.5) is 5.69 Å². The van der Waals surface area contributed by atoms with Crippen LogP contribution in [0.3, 0.4) is 0 Å². The van der Waals surface area contributed by atoms with Crippen LogP contribution in [0.15, 0.2) is 77.1 Å². The summed E-state index contributed by atoms with van der Waals surface area (Å²) < 4.78 is 6.05. The fourth-order valence-corrected chi connectivity index (χ4v) is 5.27. The highest BCUT2D eigenvalue weighted by molar-refractivity contribution is 5.99. The number of benzene rings is 2. The van der Waals surface area contributed by atoms with E-state index < -0.39 is 22.8 Å². The number of rotatable bonds is 7. The van der Waals surface area contributed by atoms with Crippen molar-refractivity contribution >= 4 is 17.6 Å². The second-order valence-electron chi connectivity index (χ2n) is 9.58. The van der Waals surface area contributed by atoms with Gasteiger partial charge < -0.3 is 15.2 Å². The average molecular weight is 506 g/mol. The topological polar surface area (TPSA) is 122 Å². The van der Waals surface area contributed by atoms with Crippen molar-refractivity contribution in [3.05, 3.63) is 98.4 Å². The van der Waals surface area contributed by atoms with E-state index in [0.29, 0.717) is 23.4 Å². The minimum Gasteiger partial charge on any atom is -0.478 e. The van der Waals surface area contributed by atoms with Crippen molar-refractivity contribution in [1.29, 1.82) is 0 Å². The number of nitrogens with one attached hydrogen (secondary N) is 1. The first-order valence-electron chi connectivity index (χ1n) is 12.3. The van der Waals surface area contributed by atoms with Crippen LogP contribution in [0, 0.1) is 10.1 Å². The fraction of sp³-hybridized carbons (Fsp3) is 0.357. The van der Waals surface area contributed by atoms with Crippen molar-refractivity contribution in [1.82, 2.24) is 10.2 Å². The van der Waals surface area contributed by atoms with Gasteiger partial charge in [-0.15, -0.1) is 0 Å². The molecule has 3 unspecified atom stereocenters. The summed E-state index contributed by atoms with van der Waals surface area (Å²) in [4.78, 5) is 39.1. The average Bonchev–Trinajstić information content (AvgIpc) is 2.86. The van der Waals surface area contributed by atoms with Gasteiger partial charge in [0.15, 0.2) is 0 Å². The SMILES string of the molecule is CC1=C(C(=O)O)C(c2cccc([N+](=O)[O-])c2)C(C(=O)OC2CCCN(Cc3ccccc3)C2C)=C(C)N1. The zero-order chi connectivity index (χ0) is 26.7. The van der Waals surface area contributed by atoms with Crippen molar-refractivity contribution in [2.45, 2.75) is 58.2 Å². The lowest BCUT2D eigenvalue weighted by Gasteiger charge is -2.39. The number of aliphatic carboxylic acids is 1. The van der Waals surface area contributed by atoms with Gasteiger partial charge in [0.25, 0.3) is 5.69 Å². The summed E-state index contributed by atoms with van der Waals surface area (Å²) >= 11 is 0. The summed E-state index contributed by atoms with van der Waals surface area (Å²) in [6, 6.07) is 15.8. The molecule has 9 nitrogen and oxygen atoms in total. The van der Waals surface area contributed by atoms with Gasteiger partial charge in [-0.3, -0.25) is 15.0 Å². The third kappa shape index (κ3) is 5.56. The Morgan fingerprint density at radius 2 is 1.81 bits per heavy atom. The summed E-state index contributed by atoms with van der Waals surface area (Å²) in [6.45, 7) is 6.96. The lowest BCUT2D eigenvalue weighted by Crippen LogP contribution is -2.48. The number of esters is 1. The number of non-ortho nitro benzene ring substituents is 1. The quantitative estimate of drug-likeness (QED) is 0.320. The number of dihydropyridines is 1. The van der Waals surface area contributed by atoms with E-state index in [1.54, 1.807) is 19.9 Å². The van der Waals surface area contributed by atoms with E-state index >= 15 is 0 Å². The Morgan fingerprint density at radius 3 is 2.49 bits per heavy atom. The number of ether oxygens (including phenoxy) is 1. The maximum atomic E-state index is 13.7. The summed E-state index contributed by atoms with van der Waals surface area (Å²) in [5, 5.41) is 24.4. The molecule has 37 heavy (non-hydrogen) atoms. The highest BCUT2D eigenvalue weighted by atomic mass is 16.6. The van der Waals surface area contributed by atoms with Crippen molar-refractivity contribution in [3.63, 3.8) is 0 Å². The molecule has 3 atom stereocenters. The molecular weight excluding hydrogens is 474 g/mol. The summed E-state index contributed by atoms with van der Waals surface area (Å²) in [6.07, 6.45) is 1.18. The highest BCUT2D eigenvalue weighted by Crippen LogP contribution is 2.40. The number of nitrogens with zero attached hydrogens (tertiary/aromatic N) is 2. The first-order valence-corrected chi connectivity index (χ1v) is 12.3. The lowest BCUT2D eigenvalue weighted by atomic mass is 9.80. The molecule has 2 aromatic rings. The molecule has 2 heterocycles. The van der Waals surface area contributed by atoms with E-state index in [2.05, 4.69) is 22.3 Å². The molecule has 194 valence electrons. The minimum absolute atomic E-state index is 0.0390. The van der Waals surface area contributed by atoms with Gasteiger partial charge in [0.05, 0.1) is 22.0 Å². The number of carbonyl (C=O) groups excluding carboxylic acids is 1. The van der Waals surface area contributed by atoms with Gasteiger partial charge in [-0.1, -0.05) is 42.5 Å². The molecule has 1 saturated heterocycles. The van der Waals surface area contributed by atoms with Crippen LogP contribution in [-0.4, -0.2) is 45.6 Å². The summed E-state index contributed by atoms with van der Waals surface area (Å²) in [5.41, 5.74) is 2.29. The Bertz CT molecular complexity index is 1270. The van der Waals surface area contributed by atoms with Crippen molar-refractivity contribution in [2.75, 3.05) is 6.54 Å². The predicted octanol–water partition coefficient (Wildman–Crippen LogP) is 4.51. The first-order chi connectivity index (χ1) is 17.7. The molecule has 9 heteroatoms. The van der Waals surface area contributed by atoms with Gasteiger partial charge in [0.1, 0.15) is 6.10 Å². The fourth-order valence-electron chi connectivity index (χ4n) is 5.27. The minimum atomic E-state index is -1.21. The number of carboxylic acids is 1. The largest absolute Gasteiger partial charge is 0.478 e. The van der Waals surface area contributed by atoms with Gasteiger partial charge in [-0.05, 0) is 51.3 Å². The number of nitro benzene ring substituents is 1. The van der Waals surface area contributed by atoms with Gasteiger partial charge in [-0.2, -0.15) is 0 Å². The molecule has 0 aliphatic carbocycles. The third-order valence-electron chi connectivity index (χ3n) is 7.16. The molecule has 2 aliphatic heterocycles. The third-order valence-corrected chi connectivity index (χ3v) is 7.16. The maximum Gasteiger partial charge on any atom is 0.337 e. The molecule has 0 radical (unpaired) electrons. The van der Waals surface area contributed by atoms with Crippen molar-refractivity contribution in [2.24, 2.45) is 0 Å². The molecule has 0 bridgehead atoms. The van der Waals surface area contributed by atoms with E-state index in [1.165, 1.54) is 23.8 Å². The molecule has 0 amide bonds. The van der Waals surface area contributed by atoms with Gasteiger partial charge in [0, 0.05) is 36.1 Å². The zero-order valence-electron chi connectivity index (χ0n) is 21.1. The van der Waals surface area contributed by atoms with Crippen LogP contribution >= 0.6 is 0 Å². The van der Waals surface area contributed by atoms with E-state index in [0.717, 1.165) is 19.5 Å². The Morgan fingerprint density at radius 1 is 1.11 bits per heavy atom. The zero-order valence-corrected chi connectivity index (χ0v) is 21.1. The highest BCUT2D eigenvalue weighted by Gasteiger charge is 2.40. The molecule has 2 aliphatic rings. The van der Waals surface area contributed by atoms with Crippen LogP contribution < -0.4 is 5.32 Å². The molecule has 0 spiro atoms. The maximum absolute atomic E-state index is 13.7.